The van der Waals surface area contributed by atoms with Gasteiger partial charge in [0.1, 0.15) is 25.9 Å². The number of rotatable bonds is 12. The first kappa shape index (κ1) is 21.6. The molecule has 8 nitrogen and oxygen atoms in total. The van der Waals surface area contributed by atoms with Crippen LogP contribution in [-0.2, 0) is 14.5 Å². The van der Waals surface area contributed by atoms with E-state index >= 15 is 0 Å². The van der Waals surface area contributed by atoms with Gasteiger partial charge in [-0.2, -0.15) is 0 Å². The standard InChI is InChI=1S/C9H21ClNO7.ClH/c10-7-9(15)8-11(16-4-1-12,17-5-2-13)18-6-3-14;/h9,12-15H,1-8H2;1H/q+1;/p-1. The maximum Gasteiger partial charge on any atom is 0.205 e. The molecule has 0 spiro atoms. The van der Waals surface area contributed by atoms with Gasteiger partial charge in [-0.3, -0.25) is 0 Å². The SMILES string of the molecule is OCCO[N+](CC(O)CCl)(OCCO)OCCO.[Cl-]. The first-order valence-corrected chi connectivity index (χ1v) is 6.06. The molecule has 1 atom stereocenters. The van der Waals surface area contributed by atoms with Crippen molar-refractivity contribution in [2.75, 3.05) is 52.1 Å². The van der Waals surface area contributed by atoms with Gasteiger partial charge in [0.2, 0.25) is 6.54 Å². The number of hydrogen-bond acceptors (Lipinski definition) is 7. The molecular weight excluding hydrogens is 305 g/mol. The monoisotopic (exact) mass is 325 g/mol. The van der Waals surface area contributed by atoms with Crippen LogP contribution in [0.25, 0.3) is 0 Å². The van der Waals surface area contributed by atoms with Gasteiger partial charge < -0.3 is 32.8 Å². The van der Waals surface area contributed by atoms with E-state index in [0.29, 0.717) is 0 Å². The van der Waals surface area contributed by atoms with Crippen LogP contribution >= 0.6 is 11.6 Å². The summed E-state index contributed by atoms with van der Waals surface area (Å²) in [7, 11) is 0. The van der Waals surface area contributed by atoms with Crippen molar-refractivity contribution < 1.29 is 52.3 Å². The molecule has 0 aliphatic heterocycles. The van der Waals surface area contributed by atoms with E-state index in [0.717, 1.165) is 0 Å². The third-order valence-electron chi connectivity index (χ3n) is 1.75. The zero-order valence-corrected chi connectivity index (χ0v) is 12.0. The Balaban J connectivity index is 0. The fraction of sp³-hybridized carbons (Fsp3) is 1.00. The van der Waals surface area contributed by atoms with Crippen LogP contribution in [0.15, 0.2) is 0 Å². The Morgan fingerprint density at radius 3 is 1.53 bits per heavy atom. The second kappa shape index (κ2) is 13.3. The largest absolute Gasteiger partial charge is 1.00 e. The number of aliphatic hydroxyl groups excluding tert-OH is 4. The Labute approximate surface area is 122 Å². The maximum absolute atomic E-state index is 9.52. The lowest BCUT2D eigenvalue weighted by Crippen LogP contribution is -3.00. The summed E-state index contributed by atoms with van der Waals surface area (Å²) in [6, 6.07) is 0. The topological polar surface area (TPSA) is 109 Å². The Morgan fingerprint density at radius 1 is 0.895 bits per heavy atom. The second-order valence-corrected chi connectivity index (χ2v) is 3.58. The third-order valence-corrected chi connectivity index (χ3v) is 2.11. The number of nitrogens with zero attached hydrogens (tertiary/aromatic N) is 1. The number of quaternary nitrogens is 1. The van der Waals surface area contributed by atoms with Crippen molar-refractivity contribution in [1.29, 1.82) is 0 Å². The molecule has 0 aliphatic rings. The normalized spacial score (nSPS) is 13.1. The minimum absolute atomic E-state index is 0. The zero-order valence-electron chi connectivity index (χ0n) is 10.5. The van der Waals surface area contributed by atoms with E-state index in [9.17, 15) is 5.11 Å². The molecule has 19 heavy (non-hydrogen) atoms. The molecule has 0 aliphatic carbocycles. The molecule has 0 fully saturated rings. The van der Waals surface area contributed by atoms with Gasteiger partial charge in [-0.15, -0.1) is 26.1 Å². The van der Waals surface area contributed by atoms with Crippen LogP contribution in [0.2, 0.25) is 0 Å². The van der Waals surface area contributed by atoms with Crippen LogP contribution in [0.4, 0.5) is 0 Å². The molecule has 0 aromatic carbocycles. The second-order valence-electron chi connectivity index (χ2n) is 3.27. The van der Waals surface area contributed by atoms with Crippen molar-refractivity contribution >= 4 is 11.6 Å². The molecule has 0 bridgehead atoms. The van der Waals surface area contributed by atoms with E-state index in [1.807, 2.05) is 0 Å². The Bertz CT molecular complexity index is 180. The predicted octanol–water partition coefficient (Wildman–Crippen LogP) is -4.82. The average molecular weight is 326 g/mol. The summed E-state index contributed by atoms with van der Waals surface area (Å²) in [5, 5.41) is 35.7. The number of hydroxylamine groups is 3. The van der Waals surface area contributed by atoms with Crippen molar-refractivity contribution in [3.8, 4) is 0 Å². The number of aliphatic hydroxyl groups is 4. The van der Waals surface area contributed by atoms with Crippen LogP contribution < -0.4 is 12.4 Å². The third kappa shape index (κ3) is 9.74. The van der Waals surface area contributed by atoms with Crippen LogP contribution in [-0.4, -0.2) is 83.6 Å². The summed E-state index contributed by atoms with van der Waals surface area (Å²) in [5.41, 5.74) is 0. The Kier molecular flexibility index (Phi) is 15.0. The van der Waals surface area contributed by atoms with E-state index in [1.165, 1.54) is 0 Å². The van der Waals surface area contributed by atoms with E-state index in [-0.39, 0.29) is 64.5 Å². The highest BCUT2D eigenvalue weighted by molar-refractivity contribution is 6.18. The lowest BCUT2D eigenvalue weighted by atomic mass is 10.4. The molecule has 10 heteroatoms. The fourth-order valence-electron chi connectivity index (χ4n) is 1.12. The number of alkyl halides is 1. The molecule has 4 N–H and O–H groups in total. The van der Waals surface area contributed by atoms with Crippen molar-refractivity contribution in [3.05, 3.63) is 0 Å². The van der Waals surface area contributed by atoms with E-state index < -0.39 is 11.1 Å². The fourth-order valence-corrected chi connectivity index (χ4v) is 1.21. The van der Waals surface area contributed by atoms with Crippen LogP contribution in [0.1, 0.15) is 0 Å². The van der Waals surface area contributed by atoms with E-state index in [1.54, 1.807) is 0 Å². The summed E-state index contributed by atoms with van der Waals surface area (Å²) in [6.07, 6.45) is -0.970. The van der Waals surface area contributed by atoms with E-state index in [4.69, 9.17) is 41.4 Å². The molecule has 0 saturated carbocycles. The lowest BCUT2D eigenvalue weighted by molar-refractivity contribution is -1.37. The lowest BCUT2D eigenvalue weighted by Gasteiger charge is -2.30. The average Bonchev–Trinajstić information content (AvgIpc) is 2.40. The molecule has 0 aromatic heterocycles. The number of halogens is 2. The number of hydrogen-bond donors (Lipinski definition) is 4. The van der Waals surface area contributed by atoms with Crippen molar-refractivity contribution in [3.63, 3.8) is 0 Å². The molecule has 0 rings (SSSR count). The minimum atomic E-state index is -0.970. The molecule has 0 heterocycles. The van der Waals surface area contributed by atoms with Gasteiger partial charge in [0.15, 0.2) is 0 Å². The molecule has 0 aromatic rings. The van der Waals surface area contributed by atoms with Crippen LogP contribution in [0.5, 0.6) is 0 Å². The first-order valence-electron chi connectivity index (χ1n) is 5.52. The molecule has 0 saturated heterocycles. The minimum Gasteiger partial charge on any atom is -1.00 e. The van der Waals surface area contributed by atoms with Gasteiger partial charge in [-0.25, -0.2) is 0 Å². The predicted molar refractivity (Wildman–Crippen MR) is 61.0 cm³/mol. The quantitative estimate of drug-likeness (QED) is 0.162. The smallest absolute Gasteiger partial charge is 0.205 e. The van der Waals surface area contributed by atoms with Gasteiger partial charge in [-0.1, -0.05) is 0 Å². The summed E-state index contributed by atoms with van der Waals surface area (Å²) in [4.78, 5) is 14.6. The van der Waals surface area contributed by atoms with E-state index in [2.05, 4.69) is 0 Å². The molecule has 0 amide bonds. The Hall–Kier alpha value is 0.260. The van der Waals surface area contributed by atoms with Gasteiger partial charge in [0.25, 0.3) is 0 Å². The van der Waals surface area contributed by atoms with Gasteiger partial charge >= 0.3 is 0 Å². The van der Waals surface area contributed by atoms with Crippen molar-refractivity contribution in [1.82, 2.24) is 0 Å². The molecular formula is C9H21Cl2NO7. The molecule has 1 unspecified atom stereocenters. The van der Waals surface area contributed by atoms with Crippen LogP contribution in [0.3, 0.4) is 0 Å². The van der Waals surface area contributed by atoms with Gasteiger partial charge in [0.05, 0.1) is 30.7 Å². The van der Waals surface area contributed by atoms with Gasteiger partial charge in [0, 0.05) is 0 Å². The first-order chi connectivity index (χ1) is 8.64. The summed E-state index contributed by atoms with van der Waals surface area (Å²) < 4.78 is 0. The maximum atomic E-state index is 9.52. The Morgan fingerprint density at radius 2 is 1.26 bits per heavy atom. The van der Waals surface area contributed by atoms with Crippen molar-refractivity contribution in [2.45, 2.75) is 6.10 Å². The molecule has 0 radical (unpaired) electrons. The molecule has 118 valence electrons. The highest BCUT2D eigenvalue weighted by Crippen LogP contribution is 2.14. The summed E-state index contributed by atoms with van der Waals surface area (Å²) in [5.74, 6) is -0.0620. The highest BCUT2D eigenvalue weighted by atomic mass is 35.5. The summed E-state index contributed by atoms with van der Waals surface area (Å²) in [6.45, 7) is -1.31. The zero-order chi connectivity index (χ0) is 13.9. The van der Waals surface area contributed by atoms with Gasteiger partial charge in [-0.05, 0) is 0 Å². The van der Waals surface area contributed by atoms with Crippen molar-refractivity contribution in [2.24, 2.45) is 0 Å². The van der Waals surface area contributed by atoms with Crippen LogP contribution in [0, 0.1) is 0 Å². The summed E-state index contributed by atoms with van der Waals surface area (Å²) >= 11 is 5.49. The highest BCUT2D eigenvalue weighted by Gasteiger charge is 2.38.